The molecule has 0 radical (unpaired) electrons. The zero-order chi connectivity index (χ0) is 11.7. The van der Waals surface area contributed by atoms with Gasteiger partial charge < -0.3 is 4.90 Å². The fraction of sp³-hybridized carbons (Fsp3) is 0.500. The molecule has 0 unspecified atom stereocenters. The number of anilines is 1. The lowest BCUT2D eigenvalue weighted by molar-refractivity contribution is 0.900. The molecule has 15 heavy (non-hydrogen) atoms. The molecule has 0 spiro atoms. The average Bonchev–Trinajstić information content (AvgIpc) is 2.30. The highest BCUT2D eigenvalue weighted by atomic mass is 15.1. The van der Waals surface area contributed by atoms with Gasteiger partial charge in [-0.1, -0.05) is 20.8 Å². The Morgan fingerprint density at radius 3 is 2.60 bits per heavy atom. The molecule has 1 aromatic heterocycles. The molecule has 1 rings (SSSR count). The summed E-state index contributed by atoms with van der Waals surface area (Å²) < 4.78 is 0. The van der Waals surface area contributed by atoms with Gasteiger partial charge in [-0.2, -0.15) is 0 Å². The molecular weight excluding hydrogens is 186 g/mol. The molecule has 0 saturated carbocycles. The Hall–Kier alpha value is -1.38. The Morgan fingerprint density at radius 2 is 2.13 bits per heavy atom. The van der Waals surface area contributed by atoms with Crippen LogP contribution in [0.5, 0.6) is 0 Å². The summed E-state index contributed by atoms with van der Waals surface area (Å²) in [4.78, 5) is 6.09. The van der Waals surface area contributed by atoms with Gasteiger partial charge in [0, 0.05) is 12.7 Å². The predicted octanol–water partition coefficient (Wildman–Crippen LogP) is 3.24. The second-order valence-corrected chi connectivity index (χ2v) is 2.93. The Kier molecular flexibility index (Phi) is 7.24. The molecule has 3 heteroatoms. The molecule has 0 atom stereocenters. The van der Waals surface area contributed by atoms with E-state index in [-0.39, 0.29) is 0 Å². The van der Waals surface area contributed by atoms with Gasteiger partial charge in [-0.25, -0.2) is 0 Å². The highest BCUT2D eigenvalue weighted by Gasteiger charge is 2.04. The van der Waals surface area contributed by atoms with Gasteiger partial charge in [-0.15, -0.1) is 0 Å². The van der Waals surface area contributed by atoms with Gasteiger partial charge in [0.05, 0.1) is 17.7 Å². The SMILES string of the molecule is CC.CCCN(C=N)c1cccnc1C. The van der Waals surface area contributed by atoms with E-state index in [1.54, 1.807) is 6.20 Å². The van der Waals surface area contributed by atoms with E-state index in [9.17, 15) is 0 Å². The lowest BCUT2D eigenvalue weighted by atomic mass is 10.3. The minimum atomic E-state index is 0.871. The number of pyridine rings is 1. The van der Waals surface area contributed by atoms with Crippen LogP contribution in [0.4, 0.5) is 5.69 Å². The monoisotopic (exact) mass is 207 g/mol. The largest absolute Gasteiger partial charge is 0.331 e. The number of nitrogens with one attached hydrogen (secondary N) is 1. The molecule has 1 N–H and O–H groups in total. The number of rotatable bonds is 4. The molecule has 0 saturated heterocycles. The third-order valence-electron chi connectivity index (χ3n) is 1.91. The van der Waals surface area contributed by atoms with Crippen LogP contribution >= 0.6 is 0 Å². The fourth-order valence-electron chi connectivity index (χ4n) is 1.27. The van der Waals surface area contributed by atoms with E-state index in [1.165, 1.54) is 6.34 Å². The van der Waals surface area contributed by atoms with Gasteiger partial charge in [0.25, 0.3) is 0 Å². The molecule has 0 amide bonds. The zero-order valence-electron chi connectivity index (χ0n) is 10.1. The Morgan fingerprint density at radius 1 is 1.47 bits per heavy atom. The van der Waals surface area contributed by atoms with Crippen molar-refractivity contribution in [1.29, 1.82) is 5.41 Å². The van der Waals surface area contributed by atoms with Crippen molar-refractivity contribution in [1.82, 2.24) is 4.98 Å². The molecule has 1 aromatic rings. The Bertz CT molecular complexity index is 284. The topological polar surface area (TPSA) is 40.0 Å². The van der Waals surface area contributed by atoms with Crippen LogP contribution in [0.2, 0.25) is 0 Å². The second kappa shape index (κ2) is 7.97. The van der Waals surface area contributed by atoms with Gasteiger partial charge in [0.2, 0.25) is 0 Å². The molecule has 84 valence electrons. The maximum atomic E-state index is 7.27. The standard InChI is InChI=1S/C10H15N3.C2H6/c1-3-7-13(8-11)10-5-4-6-12-9(10)2;1-2/h4-6,8,11H,3,7H2,1-2H3;1-2H3. The molecular formula is C12H21N3. The second-order valence-electron chi connectivity index (χ2n) is 2.93. The van der Waals surface area contributed by atoms with Crippen molar-refractivity contribution in [3.05, 3.63) is 24.0 Å². The van der Waals surface area contributed by atoms with Crippen molar-refractivity contribution in [3.8, 4) is 0 Å². The van der Waals surface area contributed by atoms with Crippen molar-refractivity contribution in [3.63, 3.8) is 0 Å². The molecule has 3 nitrogen and oxygen atoms in total. The van der Waals surface area contributed by atoms with Crippen LogP contribution in [0.25, 0.3) is 0 Å². The summed E-state index contributed by atoms with van der Waals surface area (Å²) in [5, 5.41) is 7.27. The fourth-order valence-corrected chi connectivity index (χ4v) is 1.27. The minimum Gasteiger partial charge on any atom is -0.331 e. The molecule has 0 aromatic carbocycles. The van der Waals surface area contributed by atoms with Crippen LogP contribution in [-0.2, 0) is 0 Å². The zero-order valence-corrected chi connectivity index (χ0v) is 10.1. The lowest BCUT2D eigenvalue weighted by Gasteiger charge is -2.19. The lowest BCUT2D eigenvalue weighted by Crippen LogP contribution is -2.22. The average molecular weight is 207 g/mol. The Labute approximate surface area is 92.7 Å². The summed E-state index contributed by atoms with van der Waals surface area (Å²) in [6, 6.07) is 3.89. The van der Waals surface area contributed by atoms with Crippen LogP contribution in [0.1, 0.15) is 32.9 Å². The summed E-state index contributed by atoms with van der Waals surface area (Å²) in [6.07, 6.45) is 4.16. The molecule has 0 fully saturated rings. The highest BCUT2D eigenvalue weighted by molar-refractivity contribution is 5.77. The van der Waals surface area contributed by atoms with Gasteiger partial charge in [0.1, 0.15) is 0 Å². The van der Waals surface area contributed by atoms with Gasteiger partial charge in [-0.3, -0.25) is 10.4 Å². The first-order valence-electron chi connectivity index (χ1n) is 5.48. The molecule has 1 heterocycles. The van der Waals surface area contributed by atoms with Crippen LogP contribution < -0.4 is 4.90 Å². The van der Waals surface area contributed by atoms with E-state index in [0.717, 1.165) is 24.3 Å². The molecule has 0 aliphatic rings. The van der Waals surface area contributed by atoms with Gasteiger partial charge in [0.15, 0.2) is 0 Å². The third-order valence-corrected chi connectivity index (χ3v) is 1.91. The van der Waals surface area contributed by atoms with E-state index >= 15 is 0 Å². The maximum absolute atomic E-state index is 7.27. The quantitative estimate of drug-likeness (QED) is 0.608. The minimum absolute atomic E-state index is 0.871. The summed E-state index contributed by atoms with van der Waals surface area (Å²) in [5.41, 5.74) is 2.00. The first-order valence-corrected chi connectivity index (χ1v) is 5.48. The highest BCUT2D eigenvalue weighted by Crippen LogP contribution is 2.15. The Balaban J connectivity index is 0.000000921. The normalized spacial score (nSPS) is 8.80. The van der Waals surface area contributed by atoms with Crippen LogP contribution in [0.15, 0.2) is 18.3 Å². The van der Waals surface area contributed by atoms with E-state index < -0.39 is 0 Å². The predicted molar refractivity (Wildman–Crippen MR) is 66.7 cm³/mol. The summed E-state index contributed by atoms with van der Waals surface area (Å²) in [5.74, 6) is 0. The van der Waals surface area contributed by atoms with Gasteiger partial charge in [-0.05, 0) is 25.5 Å². The van der Waals surface area contributed by atoms with E-state index in [0.29, 0.717) is 0 Å². The van der Waals surface area contributed by atoms with E-state index in [2.05, 4.69) is 11.9 Å². The van der Waals surface area contributed by atoms with Crippen molar-refractivity contribution >= 4 is 12.0 Å². The third kappa shape index (κ3) is 4.11. The van der Waals surface area contributed by atoms with Crippen molar-refractivity contribution in [2.24, 2.45) is 0 Å². The van der Waals surface area contributed by atoms with Gasteiger partial charge >= 0.3 is 0 Å². The number of hydrogen-bond acceptors (Lipinski definition) is 2. The van der Waals surface area contributed by atoms with Crippen LogP contribution in [-0.4, -0.2) is 17.9 Å². The summed E-state index contributed by atoms with van der Waals surface area (Å²) >= 11 is 0. The number of nitrogens with zero attached hydrogens (tertiary/aromatic N) is 2. The van der Waals surface area contributed by atoms with Crippen molar-refractivity contribution in [2.75, 3.05) is 11.4 Å². The summed E-state index contributed by atoms with van der Waals surface area (Å²) in [6.45, 7) is 8.93. The molecule has 0 aliphatic heterocycles. The first-order chi connectivity index (χ1) is 7.29. The first kappa shape index (κ1) is 13.6. The van der Waals surface area contributed by atoms with Crippen LogP contribution in [0.3, 0.4) is 0 Å². The molecule has 0 bridgehead atoms. The van der Waals surface area contributed by atoms with Crippen molar-refractivity contribution in [2.45, 2.75) is 34.1 Å². The maximum Gasteiger partial charge on any atom is 0.0862 e. The molecule has 0 aliphatic carbocycles. The summed E-state index contributed by atoms with van der Waals surface area (Å²) in [7, 11) is 0. The number of hydrogen-bond donors (Lipinski definition) is 1. The van der Waals surface area contributed by atoms with E-state index in [1.807, 2.05) is 37.8 Å². The smallest absolute Gasteiger partial charge is 0.0862 e. The number of aromatic nitrogens is 1. The van der Waals surface area contributed by atoms with Crippen molar-refractivity contribution < 1.29 is 0 Å². The number of aryl methyl sites for hydroxylation is 1. The van der Waals surface area contributed by atoms with Crippen LogP contribution in [0, 0.1) is 12.3 Å². The van der Waals surface area contributed by atoms with E-state index in [4.69, 9.17) is 5.41 Å².